The molecule has 1 heterocycles. The number of halogens is 1. The Labute approximate surface area is 135 Å². The Morgan fingerprint density at radius 3 is 2.61 bits per heavy atom. The smallest absolute Gasteiger partial charge is 0.215 e. The number of rotatable bonds is 7. The van der Waals surface area contributed by atoms with Gasteiger partial charge in [-0.3, -0.25) is 0 Å². The highest BCUT2D eigenvalue weighted by Crippen LogP contribution is 2.45. The molecule has 0 radical (unpaired) electrons. The summed E-state index contributed by atoms with van der Waals surface area (Å²) in [6, 6.07) is 14.1. The first-order valence-electron chi connectivity index (χ1n) is 7.46. The number of anilines is 1. The molecule has 1 aliphatic carbocycles. The lowest BCUT2D eigenvalue weighted by Crippen LogP contribution is -2.32. The SMILES string of the molecule is O=S(=O)(NCCNc1cccc(F)n1)C1CC1c1ccccc1. The lowest BCUT2D eigenvalue weighted by atomic mass is 10.1. The van der Waals surface area contributed by atoms with Crippen LogP contribution in [0.3, 0.4) is 0 Å². The van der Waals surface area contributed by atoms with Crippen molar-refractivity contribution in [1.82, 2.24) is 9.71 Å². The highest BCUT2D eigenvalue weighted by atomic mass is 32.2. The standard InChI is InChI=1S/C16H18FN3O2S/c17-15-7-4-8-16(20-15)18-9-10-19-23(21,22)14-11-13(14)12-5-2-1-3-6-12/h1-8,13-14,19H,9-11H2,(H,18,20). The second kappa shape index (κ2) is 6.64. The van der Waals surface area contributed by atoms with Gasteiger partial charge in [0.25, 0.3) is 0 Å². The van der Waals surface area contributed by atoms with Crippen molar-refractivity contribution in [2.75, 3.05) is 18.4 Å². The van der Waals surface area contributed by atoms with Crippen molar-refractivity contribution in [2.45, 2.75) is 17.6 Å². The number of sulfonamides is 1. The van der Waals surface area contributed by atoms with Gasteiger partial charge in [0, 0.05) is 19.0 Å². The van der Waals surface area contributed by atoms with Crippen LogP contribution in [0.1, 0.15) is 17.9 Å². The van der Waals surface area contributed by atoms with Gasteiger partial charge in [0.1, 0.15) is 5.82 Å². The van der Waals surface area contributed by atoms with E-state index in [-0.39, 0.29) is 17.7 Å². The predicted molar refractivity (Wildman–Crippen MR) is 87.2 cm³/mol. The van der Waals surface area contributed by atoms with Crippen LogP contribution in [0.2, 0.25) is 0 Å². The molecule has 7 heteroatoms. The van der Waals surface area contributed by atoms with Crippen LogP contribution in [0.4, 0.5) is 10.2 Å². The van der Waals surface area contributed by atoms with Crippen LogP contribution in [-0.2, 0) is 10.0 Å². The Morgan fingerprint density at radius 2 is 1.87 bits per heavy atom. The number of hydrogen-bond acceptors (Lipinski definition) is 4. The molecule has 2 unspecified atom stereocenters. The first kappa shape index (κ1) is 15.9. The summed E-state index contributed by atoms with van der Waals surface area (Å²) in [7, 11) is -3.33. The number of benzene rings is 1. The van der Waals surface area contributed by atoms with Gasteiger partial charge in [0.05, 0.1) is 5.25 Å². The van der Waals surface area contributed by atoms with E-state index in [0.29, 0.717) is 18.8 Å². The lowest BCUT2D eigenvalue weighted by molar-refractivity contribution is 0.579. The molecule has 1 aromatic heterocycles. The van der Waals surface area contributed by atoms with E-state index in [1.54, 1.807) is 12.1 Å². The third kappa shape index (κ3) is 4.05. The molecule has 5 nitrogen and oxygen atoms in total. The van der Waals surface area contributed by atoms with Crippen LogP contribution < -0.4 is 10.0 Å². The third-order valence-corrected chi connectivity index (χ3v) is 5.73. The fourth-order valence-electron chi connectivity index (χ4n) is 2.56. The predicted octanol–water partition coefficient (Wildman–Crippen LogP) is 2.11. The summed E-state index contributed by atoms with van der Waals surface area (Å²) in [6.45, 7) is 0.580. The van der Waals surface area contributed by atoms with E-state index in [4.69, 9.17) is 0 Å². The minimum atomic E-state index is -3.33. The van der Waals surface area contributed by atoms with Gasteiger partial charge in [-0.2, -0.15) is 4.39 Å². The first-order valence-corrected chi connectivity index (χ1v) is 9.01. The third-order valence-electron chi connectivity index (χ3n) is 3.81. The summed E-state index contributed by atoms with van der Waals surface area (Å²) in [6.07, 6.45) is 0.651. The van der Waals surface area contributed by atoms with E-state index in [1.165, 1.54) is 6.07 Å². The van der Waals surface area contributed by atoms with Gasteiger partial charge >= 0.3 is 0 Å². The van der Waals surface area contributed by atoms with Gasteiger partial charge in [0.2, 0.25) is 16.0 Å². The molecule has 0 aliphatic heterocycles. The summed E-state index contributed by atoms with van der Waals surface area (Å²) >= 11 is 0. The molecule has 2 aromatic rings. The second-order valence-electron chi connectivity index (χ2n) is 5.50. The number of aromatic nitrogens is 1. The quantitative estimate of drug-likeness (QED) is 0.600. The van der Waals surface area contributed by atoms with Gasteiger partial charge in [-0.05, 0) is 24.1 Å². The van der Waals surface area contributed by atoms with Gasteiger partial charge in [-0.25, -0.2) is 18.1 Å². The van der Waals surface area contributed by atoms with Gasteiger partial charge in [-0.1, -0.05) is 36.4 Å². The minimum absolute atomic E-state index is 0.0755. The molecule has 2 atom stereocenters. The van der Waals surface area contributed by atoms with Crippen molar-refractivity contribution < 1.29 is 12.8 Å². The lowest BCUT2D eigenvalue weighted by Gasteiger charge is -2.08. The average Bonchev–Trinajstić information content (AvgIpc) is 3.34. The molecule has 2 N–H and O–H groups in total. The summed E-state index contributed by atoms with van der Waals surface area (Å²) in [5.74, 6) is -0.108. The molecule has 1 aliphatic rings. The van der Waals surface area contributed by atoms with E-state index < -0.39 is 16.0 Å². The maximum Gasteiger partial charge on any atom is 0.215 e. The normalized spacial score (nSPS) is 20.2. The molecule has 3 rings (SSSR count). The Kier molecular flexibility index (Phi) is 4.58. The minimum Gasteiger partial charge on any atom is -0.369 e. The average molecular weight is 335 g/mol. The highest BCUT2D eigenvalue weighted by Gasteiger charge is 2.47. The van der Waals surface area contributed by atoms with Crippen molar-refractivity contribution in [3.8, 4) is 0 Å². The Balaban J connectivity index is 1.47. The highest BCUT2D eigenvalue weighted by molar-refractivity contribution is 7.90. The van der Waals surface area contributed by atoms with Crippen LogP contribution in [0.15, 0.2) is 48.5 Å². The molecule has 1 saturated carbocycles. The summed E-state index contributed by atoms with van der Waals surface area (Å²) < 4.78 is 40.0. The van der Waals surface area contributed by atoms with E-state index in [0.717, 1.165) is 5.56 Å². The summed E-state index contributed by atoms with van der Waals surface area (Å²) in [5.41, 5.74) is 1.06. The molecule has 23 heavy (non-hydrogen) atoms. The number of nitrogens with zero attached hydrogens (tertiary/aromatic N) is 1. The first-order chi connectivity index (χ1) is 11.1. The fraction of sp³-hybridized carbons (Fsp3) is 0.312. The summed E-state index contributed by atoms with van der Waals surface area (Å²) in [5, 5.41) is 2.52. The number of pyridine rings is 1. The maximum atomic E-state index is 12.9. The van der Waals surface area contributed by atoms with E-state index in [9.17, 15) is 12.8 Å². The zero-order chi connectivity index (χ0) is 16.3. The van der Waals surface area contributed by atoms with Crippen LogP contribution >= 0.6 is 0 Å². The van der Waals surface area contributed by atoms with E-state index >= 15 is 0 Å². The molecule has 0 amide bonds. The van der Waals surface area contributed by atoms with Gasteiger partial charge in [0.15, 0.2) is 0 Å². The fourth-order valence-corrected chi connectivity index (χ4v) is 4.21. The molecule has 0 saturated heterocycles. The number of nitrogens with one attached hydrogen (secondary N) is 2. The van der Waals surface area contributed by atoms with Gasteiger partial charge < -0.3 is 5.32 Å². The zero-order valence-electron chi connectivity index (χ0n) is 12.4. The number of hydrogen-bond donors (Lipinski definition) is 2. The Morgan fingerprint density at radius 1 is 1.09 bits per heavy atom. The Hall–Kier alpha value is -1.99. The molecular formula is C16H18FN3O2S. The second-order valence-corrected chi connectivity index (χ2v) is 7.49. The zero-order valence-corrected chi connectivity index (χ0v) is 13.3. The van der Waals surface area contributed by atoms with Crippen LogP contribution in [0, 0.1) is 5.95 Å². The van der Waals surface area contributed by atoms with Crippen molar-refractivity contribution in [2.24, 2.45) is 0 Å². The van der Waals surface area contributed by atoms with Crippen LogP contribution in [0.5, 0.6) is 0 Å². The van der Waals surface area contributed by atoms with Crippen molar-refractivity contribution >= 4 is 15.8 Å². The topological polar surface area (TPSA) is 71.1 Å². The maximum absolute atomic E-state index is 12.9. The molecular weight excluding hydrogens is 317 g/mol. The van der Waals surface area contributed by atoms with Crippen LogP contribution in [-0.4, -0.2) is 31.7 Å². The van der Waals surface area contributed by atoms with E-state index in [1.807, 2.05) is 30.3 Å². The van der Waals surface area contributed by atoms with Crippen LogP contribution in [0.25, 0.3) is 0 Å². The van der Waals surface area contributed by atoms with Crippen molar-refractivity contribution in [1.29, 1.82) is 0 Å². The summed E-state index contributed by atoms with van der Waals surface area (Å²) in [4.78, 5) is 3.65. The van der Waals surface area contributed by atoms with Gasteiger partial charge in [-0.15, -0.1) is 0 Å². The Bertz CT molecular complexity index is 768. The van der Waals surface area contributed by atoms with Crippen molar-refractivity contribution in [3.05, 3.63) is 60.0 Å². The molecule has 122 valence electrons. The van der Waals surface area contributed by atoms with E-state index in [2.05, 4.69) is 15.0 Å². The molecule has 0 bridgehead atoms. The molecule has 0 spiro atoms. The molecule has 1 aromatic carbocycles. The molecule has 1 fully saturated rings. The monoisotopic (exact) mass is 335 g/mol. The van der Waals surface area contributed by atoms with Crippen molar-refractivity contribution in [3.63, 3.8) is 0 Å². The largest absolute Gasteiger partial charge is 0.369 e.